The molecular weight excluding hydrogens is 334 g/mol. The van der Waals surface area contributed by atoms with E-state index in [1.54, 1.807) is 0 Å². The van der Waals surface area contributed by atoms with Crippen LogP contribution in [0.15, 0.2) is 30.3 Å². The smallest absolute Gasteiger partial charge is 0.253 e. The molecule has 0 unspecified atom stereocenters. The van der Waals surface area contributed by atoms with Crippen molar-refractivity contribution >= 4 is 5.91 Å². The van der Waals surface area contributed by atoms with Gasteiger partial charge in [0, 0.05) is 30.5 Å². The van der Waals surface area contributed by atoms with Crippen LogP contribution in [0.25, 0.3) is 0 Å². The lowest BCUT2D eigenvalue weighted by molar-refractivity contribution is 0.0950. The van der Waals surface area contributed by atoms with Gasteiger partial charge >= 0.3 is 0 Å². The minimum Gasteiger partial charge on any atom is -0.348 e. The quantitative estimate of drug-likeness (QED) is 0.810. The van der Waals surface area contributed by atoms with Crippen molar-refractivity contribution < 1.29 is 4.79 Å². The molecule has 1 amide bonds. The highest BCUT2D eigenvalue weighted by Gasteiger charge is 2.17. The van der Waals surface area contributed by atoms with Crippen LogP contribution in [0.1, 0.15) is 72.0 Å². The molecule has 0 spiro atoms. The maximum Gasteiger partial charge on any atom is 0.253 e. The van der Waals surface area contributed by atoms with E-state index in [9.17, 15) is 4.79 Å². The molecule has 1 fully saturated rings. The highest BCUT2D eigenvalue weighted by molar-refractivity contribution is 5.95. The molecule has 2 heterocycles. The standard InChI is InChI=1S/C23H33N3O/c1-17(2)26-18(3)14-22(19(26)4)23(27)24-15-20-8-10-21(11-9-20)16-25-12-6-5-7-13-25/h8-11,14,17H,5-7,12-13,15-16H2,1-4H3,(H,24,27). The van der Waals surface area contributed by atoms with Gasteiger partial charge in [-0.2, -0.15) is 0 Å². The number of carbonyl (C=O) groups is 1. The number of aromatic nitrogens is 1. The second-order valence-corrected chi connectivity index (χ2v) is 8.08. The number of aryl methyl sites for hydroxylation is 1. The molecule has 0 saturated carbocycles. The summed E-state index contributed by atoms with van der Waals surface area (Å²) in [4.78, 5) is 15.2. The van der Waals surface area contributed by atoms with E-state index in [4.69, 9.17) is 0 Å². The second-order valence-electron chi connectivity index (χ2n) is 8.08. The number of likely N-dealkylation sites (tertiary alicyclic amines) is 1. The molecule has 4 nitrogen and oxygen atoms in total. The van der Waals surface area contributed by atoms with Crippen molar-refractivity contribution in [2.75, 3.05) is 13.1 Å². The highest BCUT2D eigenvalue weighted by Crippen LogP contribution is 2.20. The summed E-state index contributed by atoms with van der Waals surface area (Å²) in [5, 5.41) is 3.07. The molecule has 27 heavy (non-hydrogen) atoms. The predicted octanol–water partition coefficient (Wildman–Crippen LogP) is 4.60. The van der Waals surface area contributed by atoms with Gasteiger partial charge in [0.25, 0.3) is 5.91 Å². The molecule has 1 aromatic heterocycles. The van der Waals surface area contributed by atoms with Gasteiger partial charge in [-0.15, -0.1) is 0 Å². The van der Waals surface area contributed by atoms with E-state index in [1.807, 2.05) is 13.0 Å². The number of rotatable bonds is 6. The van der Waals surface area contributed by atoms with E-state index < -0.39 is 0 Å². The Bertz CT molecular complexity index is 768. The molecule has 0 atom stereocenters. The molecule has 0 bridgehead atoms. The molecule has 146 valence electrons. The van der Waals surface area contributed by atoms with Gasteiger partial charge in [0.05, 0.1) is 5.56 Å². The van der Waals surface area contributed by atoms with Crippen LogP contribution >= 0.6 is 0 Å². The predicted molar refractivity (Wildman–Crippen MR) is 111 cm³/mol. The van der Waals surface area contributed by atoms with Crippen LogP contribution in [0, 0.1) is 13.8 Å². The van der Waals surface area contributed by atoms with Crippen molar-refractivity contribution in [3.63, 3.8) is 0 Å². The van der Waals surface area contributed by atoms with Crippen LogP contribution in [0.5, 0.6) is 0 Å². The fraction of sp³-hybridized carbons (Fsp3) is 0.522. The largest absolute Gasteiger partial charge is 0.348 e. The van der Waals surface area contributed by atoms with E-state index in [2.05, 4.69) is 59.8 Å². The molecule has 4 heteroatoms. The number of amides is 1. The summed E-state index contributed by atoms with van der Waals surface area (Å²) < 4.78 is 2.21. The summed E-state index contributed by atoms with van der Waals surface area (Å²) >= 11 is 0. The maximum atomic E-state index is 12.6. The van der Waals surface area contributed by atoms with E-state index in [0.29, 0.717) is 12.6 Å². The van der Waals surface area contributed by atoms with Crippen LogP contribution in [0.3, 0.4) is 0 Å². The molecule has 1 saturated heterocycles. The third-order valence-corrected chi connectivity index (χ3v) is 5.58. The topological polar surface area (TPSA) is 37.3 Å². The number of benzene rings is 1. The lowest BCUT2D eigenvalue weighted by Crippen LogP contribution is -2.29. The molecule has 3 rings (SSSR count). The number of nitrogens with zero attached hydrogens (tertiary/aromatic N) is 2. The minimum atomic E-state index is 0.00685. The molecule has 1 aromatic carbocycles. The lowest BCUT2D eigenvalue weighted by Gasteiger charge is -2.26. The van der Waals surface area contributed by atoms with Crippen LogP contribution in [0.4, 0.5) is 0 Å². The van der Waals surface area contributed by atoms with Gasteiger partial charge in [-0.1, -0.05) is 30.7 Å². The Morgan fingerprint density at radius 2 is 1.67 bits per heavy atom. The maximum absolute atomic E-state index is 12.6. The Morgan fingerprint density at radius 3 is 2.26 bits per heavy atom. The van der Waals surface area contributed by atoms with Gasteiger partial charge in [0.15, 0.2) is 0 Å². The van der Waals surface area contributed by atoms with Crippen molar-refractivity contribution in [1.29, 1.82) is 0 Å². The van der Waals surface area contributed by atoms with Crippen molar-refractivity contribution in [2.24, 2.45) is 0 Å². The van der Waals surface area contributed by atoms with E-state index in [0.717, 1.165) is 29.1 Å². The first-order valence-corrected chi connectivity index (χ1v) is 10.2. The van der Waals surface area contributed by atoms with Crippen LogP contribution in [-0.2, 0) is 13.1 Å². The Kier molecular flexibility index (Phi) is 6.38. The zero-order valence-electron chi connectivity index (χ0n) is 17.2. The Balaban J connectivity index is 1.57. The second kappa shape index (κ2) is 8.75. The van der Waals surface area contributed by atoms with Crippen molar-refractivity contribution in [3.05, 3.63) is 58.4 Å². The highest BCUT2D eigenvalue weighted by atomic mass is 16.1. The molecule has 0 radical (unpaired) electrons. The number of hydrogen-bond donors (Lipinski definition) is 1. The zero-order chi connectivity index (χ0) is 19.4. The Labute approximate surface area is 163 Å². The van der Waals surface area contributed by atoms with Gasteiger partial charge in [-0.3, -0.25) is 9.69 Å². The Morgan fingerprint density at radius 1 is 1.04 bits per heavy atom. The molecule has 1 aliphatic rings. The van der Waals surface area contributed by atoms with Crippen molar-refractivity contribution in [1.82, 2.24) is 14.8 Å². The number of piperidine rings is 1. The average molecular weight is 368 g/mol. The third-order valence-electron chi connectivity index (χ3n) is 5.58. The van der Waals surface area contributed by atoms with Crippen molar-refractivity contribution in [3.8, 4) is 0 Å². The SMILES string of the molecule is Cc1cc(C(=O)NCc2ccc(CN3CCCCC3)cc2)c(C)n1C(C)C. The number of nitrogens with one attached hydrogen (secondary N) is 1. The van der Waals surface area contributed by atoms with Gasteiger partial charge < -0.3 is 9.88 Å². The van der Waals surface area contributed by atoms with Gasteiger partial charge in [-0.05, 0) is 70.8 Å². The summed E-state index contributed by atoms with van der Waals surface area (Å²) in [5.41, 5.74) is 5.45. The molecule has 2 aromatic rings. The summed E-state index contributed by atoms with van der Waals surface area (Å²) in [6.45, 7) is 12.4. The summed E-state index contributed by atoms with van der Waals surface area (Å²) in [5.74, 6) is 0.00685. The monoisotopic (exact) mass is 367 g/mol. The van der Waals surface area contributed by atoms with Gasteiger partial charge in [0.2, 0.25) is 0 Å². The minimum absolute atomic E-state index is 0.00685. The summed E-state index contributed by atoms with van der Waals surface area (Å²) in [6.07, 6.45) is 4.01. The van der Waals surface area contributed by atoms with E-state index in [1.165, 1.54) is 37.9 Å². The Hall–Kier alpha value is -2.07. The van der Waals surface area contributed by atoms with Crippen LogP contribution < -0.4 is 5.32 Å². The van der Waals surface area contributed by atoms with Crippen molar-refractivity contribution in [2.45, 2.75) is 66.1 Å². The summed E-state index contributed by atoms with van der Waals surface area (Å²) in [6, 6.07) is 11.0. The van der Waals surface area contributed by atoms with E-state index >= 15 is 0 Å². The fourth-order valence-electron chi connectivity index (χ4n) is 4.22. The molecule has 0 aliphatic carbocycles. The zero-order valence-corrected chi connectivity index (χ0v) is 17.2. The lowest BCUT2D eigenvalue weighted by atomic mass is 10.1. The first-order chi connectivity index (χ1) is 13.0. The van der Waals surface area contributed by atoms with Crippen LogP contribution in [-0.4, -0.2) is 28.5 Å². The molecule has 1 N–H and O–H groups in total. The fourth-order valence-corrected chi connectivity index (χ4v) is 4.22. The molecular formula is C23H33N3O. The van der Waals surface area contributed by atoms with Gasteiger partial charge in [-0.25, -0.2) is 0 Å². The normalized spacial score (nSPS) is 15.3. The van der Waals surface area contributed by atoms with Gasteiger partial charge in [0.1, 0.15) is 0 Å². The molecule has 1 aliphatic heterocycles. The third kappa shape index (κ3) is 4.81. The number of hydrogen-bond acceptors (Lipinski definition) is 2. The van der Waals surface area contributed by atoms with Crippen LogP contribution in [0.2, 0.25) is 0 Å². The first-order valence-electron chi connectivity index (χ1n) is 10.2. The van der Waals surface area contributed by atoms with E-state index in [-0.39, 0.29) is 5.91 Å². The average Bonchev–Trinajstić information content (AvgIpc) is 2.96. The summed E-state index contributed by atoms with van der Waals surface area (Å²) in [7, 11) is 0. The number of carbonyl (C=O) groups excluding carboxylic acids is 1. The first kappa shape index (κ1) is 19.7.